The second-order valence-electron chi connectivity index (χ2n) is 4.05. The van der Waals surface area contributed by atoms with Crippen LogP contribution in [0.15, 0.2) is 42.6 Å². The summed E-state index contributed by atoms with van der Waals surface area (Å²) in [6, 6.07) is 11.9. The van der Waals surface area contributed by atoms with Crippen LogP contribution in [0.1, 0.15) is 5.56 Å². The Labute approximate surface area is 98.7 Å². The molecule has 4 nitrogen and oxygen atoms in total. The number of hydrogen-bond donors (Lipinski definition) is 1. The summed E-state index contributed by atoms with van der Waals surface area (Å²) in [7, 11) is 0. The number of hydrogen-bond acceptors (Lipinski definition) is 3. The number of benzene rings is 1. The first-order chi connectivity index (χ1) is 8.25. The first-order valence-electron chi connectivity index (χ1n) is 5.42. The molecule has 0 fully saturated rings. The van der Waals surface area contributed by atoms with E-state index in [4.69, 9.17) is 5.73 Å². The van der Waals surface area contributed by atoms with Gasteiger partial charge in [-0.2, -0.15) is 0 Å². The summed E-state index contributed by atoms with van der Waals surface area (Å²) in [4.78, 5) is 0. The van der Waals surface area contributed by atoms with Crippen LogP contribution in [0.25, 0.3) is 17.0 Å². The average molecular weight is 224 g/mol. The van der Waals surface area contributed by atoms with Gasteiger partial charge in [-0.3, -0.25) is 4.40 Å². The Morgan fingerprint density at radius 2 is 1.82 bits per heavy atom. The van der Waals surface area contributed by atoms with Crippen molar-refractivity contribution < 1.29 is 0 Å². The Bertz CT molecular complexity index is 667. The van der Waals surface area contributed by atoms with E-state index in [0.29, 0.717) is 11.3 Å². The predicted octanol–water partition coefficient (Wildman–Crippen LogP) is 2.29. The molecule has 2 N–H and O–H groups in total. The maximum absolute atomic E-state index is 5.85. The Balaban J connectivity index is 2.24. The number of pyridine rings is 1. The lowest BCUT2D eigenvalue weighted by Gasteiger charge is -2.01. The van der Waals surface area contributed by atoms with Crippen LogP contribution in [-0.2, 0) is 0 Å². The lowest BCUT2D eigenvalue weighted by molar-refractivity contribution is 1.11. The molecule has 0 amide bonds. The van der Waals surface area contributed by atoms with Gasteiger partial charge in [-0.05, 0) is 19.1 Å². The molecule has 3 rings (SSSR count). The average Bonchev–Trinajstić information content (AvgIpc) is 2.75. The maximum atomic E-state index is 5.85. The van der Waals surface area contributed by atoms with Gasteiger partial charge >= 0.3 is 0 Å². The zero-order valence-corrected chi connectivity index (χ0v) is 9.46. The molecule has 4 heteroatoms. The molecule has 0 aliphatic heterocycles. The fraction of sp³-hybridized carbons (Fsp3) is 0.0769. The minimum Gasteiger partial charge on any atom is -0.396 e. The molecule has 84 valence electrons. The van der Waals surface area contributed by atoms with E-state index in [1.54, 1.807) is 0 Å². The van der Waals surface area contributed by atoms with Crippen LogP contribution in [0, 0.1) is 6.92 Å². The number of nitrogens with two attached hydrogens (primary N) is 1. The summed E-state index contributed by atoms with van der Waals surface area (Å²) in [6.07, 6.45) is 1.92. The highest BCUT2D eigenvalue weighted by Crippen LogP contribution is 2.20. The number of fused-ring (bicyclic) bond motifs is 1. The van der Waals surface area contributed by atoms with Crippen molar-refractivity contribution in [2.75, 3.05) is 5.73 Å². The van der Waals surface area contributed by atoms with E-state index in [9.17, 15) is 0 Å². The molecule has 0 aliphatic rings. The SMILES string of the molecule is Cc1ccc(-c2nnc3c(N)cccn23)cc1. The molecule has 0 saturated carbocycles. The van der Waals surface area contributed by atoms with Gasteiger partial charge < -0.3 is 5.73 Å². The molecule has 0 aliphatic carbocycles. The standard InChI is InChI=1S/C13H12N4/c1-9-4-6-10(7-5-9)12-15-16-13-11(14)3-2-8-17(12)13/h2-8H,14H2,1H3. The fourth-order valence-corrected chi connectivity index (χ4v) is 1.84. The van der Waals surface area contributed by atoms with Crippen LogP contribution in [0.3, 0.4) is 0 Å². The van der Waals surface area contributed by atoms with Crippen molar-refractivity contribution in [2.45, 2.75) is 6.92 Å². The van der Waals surface area contributed by atoms with Crippen LogP contribution >= 0.6 is 0 Å². The zero-order chi connectivity index (χ0) is 11.8. The quantitative estimate of drug-likeness (QED) is 0.690. The lowest BCUT2D eigenvalue weighted by atomic mass is 10.1. The third-order valence-corrected chi connectivity index (χ3v) is 2.77. The summed E-state index contributed by atoms with van der Waals surface area (Å²) in [5, 5.41) is 8.29. The number of aromatic nitrogens is 3. The van der Waals surface area contributed by atoms with Crippen molar-refractivity contribution in [3.63, 3.8) is 0 Å². The van der Waals surface area contributed by atoms with Crippen LogP contribution in [-0.4, -0.2) is 14.6 Å². The molecule has 0 saturated heterocycles. The van der Waals surface area contributed by atoms with Crippen LogP contribution in [0.2, 0.25) is 0 Å². The molecule has 1 aromatic carbocycles. The van der Waals surface area contributed by atoms with E-state index in [2.05, 4.69) is 29.3 Å². The van der Waals surface area contributed by atoms with Gasteiger partial charge in [0.1, 0.15) is 0 Å². The molecule has 17 heavy (non-hydrogen) atoms. The fourth-order valence-electron chi connectivity index (χ4n) is 1.84. The molecule has 0 atom stereocenters. The molecular weight excluding hydrogens is 212 g/mol. The van der Waals surface area contributed by atoms with E-state index >= 15 is 0 Å². The van der Waals surface area contributed by atoms with Gasteiger partial charge in [-0.25, -0.2) is 0 Å². The highest BCUT2D eigenvalue weighted by molar-refractivity contribution is 5.68. The van der Waals surface area contributed by atoms with Crippen molar-refractivity contribution in [3.8, 4) is 11.4 Å². The van der Waals surface area contributed by atoms with Crippen molar-refractivity contribution in [3.05, 3.63) is 48.2 Å². The topological polar surface area (TPSA) is 56.2 Å². The normalized spacial score (nSPS) is 10.9. The van der Waals surface area contributed by atoms with Crippen LogP contribution in [0.5, 0.6) is 0 Å². The summed E-state index contributed by atoms with van der Waals surface area (Å²) in [5.41, 5.74) is 9.44. The molecule has 3 aromatic rings. The second kappa shape index (κ2) is 3.59. The van der Waals surface area contributed by atoms with Gasteiger partial charge in [0.05, 0.1) is 5.69 Å². The van der Waals surface area contributed by atoms with E-state index in [-0.39, 0.29) is 0 Å². The van der Waals surface area contributed by atoms with Crippen molar-refractivity contribution in [2.24, 2.45) is 0 Å². The van der Waals surface area contributed by atoms with Gasteiger partial charge in [-0.1, -0.05) is 29.8 Å². The Morgan fingerprint density at radius 1 is 1.06 bits per heavy atom. The smallest absolute Gasteiger partial charge is 0.184 e. The maximum Gasteiger partial charge on any atom is 0.184 e. The van der Waals surface area contributed by atoms with E-state index in [1.165, 1.54) is 5.56 Å². The van der Waals surface area contributed by atoms with Crippen molar-refractivity contribution in [1.82, 2.24) is 14.6 Å². The Morgan fingerprint density at radius 3 is 2.59 bits per heavy atom. The molecular formula is C13H12N4. The summed E-state index contributed by atoms with van der Waals surface area (Å²) < 4.78 is 1.90. The number of nitrogens with zero attached hydrogens (tertiary/aromatic N) is 3. The first kappa shape index (κ1) is 9.84. The molecule has 0 unspecified atom stereocenters. The second-order valence-corrected chi connectivity index (χ2v) is 4.05. The van der Waals surface area contributed by atoms with Crippen LogP contribution in [0.4, 0.5) is 5.69 Å². The largest absolute Gasteiger partial charge is 0.396 e. The first-order valence-corrected chi connectivity index (χ1v) is 5.42. The molecule has 0 radical (unpaired) electrons. The van der Waals surface area contributed by atoms with E-state index in [0.717, 1.165) is 11.4 Å². The Hall–Kier alpha value is -2.36. The summed E-state index contributed by atoms with van der Waals surface area (Å²) in [6.45, 7) is 2.06. The van der Waals surface area contributed by atoms with Gasteiger partial charge in [0, 0.05) is 11.8 Å². The molecule has 0 bridgehead atoms. The zero-order valence-electron chi connectivity index (χ0n) is 9.46. The highest BCUT2D eigenvalue weighted by atomic mass is 15.2. The van der Waals surface area contributed by atoms with Crippen LogP contribution < -0.4 is 5.73 Å². The Kier molecular flexibility index (Phi) is 2.08. The third-order valence-electron chi connectivity index (χ3n) is 2.77. The summed E-state index contributed by atoms with van der Waals surface area (Å²) >= 11 is 0. The predicted molar refractivity (Wildman–Crippen MR) is 67.6 cm³/mol. The number of aryl methyl sites for hydroxylation is 1. The van der Waals surface area contributed by atoms with E-state index in [1.807, 2.05) is 34.9 Å². The molecule has 2 heterocycles. The van der Waals surface area contributed by atoms with Crippen molar-refractivity contribution >= 4 is 11.3 Å². The lowest BCUT2D eigenvalue weighted by Crippen LogP contribution is -1.93. The molecule has 0 spiro atoms. The minimum atomic E-state index is 0.637. The number of anilines is 1. The van der Waals surface area contributed by atoms with E-state index < -0.39 is 0 Å². The van der Waals surface area contributed by atoms with Gasteiger partial charge in [-0.15, -0.1) is 10.2 Å². The van der Waals surface area contributed by atoms with Gasteiger partial charge in [0.2, 0.25) is 0 Å². The number of nitrogen functional groups attached to an aromatic ring is 1. The molecule has 2 aromatic heterocycles. The minimum absolute atomic E-state index is 0.637. The van der Waals surface area contributed by atoms with Gasteiger partial charge in [0.25, 0.3) is 0 Å². The highest BCUT2D eigenvalue weighted by Gasteiger charge is 2.08. The third kappa shape index (κ3) is 1.54. The summed E-state index contributed by atoms with van der Waals surface area (Å²) in [5.74, 6) is 0.812. The number of rotatable bonds is 1. The monoisotopic (exact) mass is 224 g/mol. The van der Waals surface area contributed by atoms with Crippen molar-refractivity contribution in [1.29, 1.82) is 0 Å². The van der Waals surface area contributed by atoms with Gasteiger partial charge in [0.15, 0.2) is 11.5 Å².